The van der Waals surface area contributed by atoms with Gasteiger partial charge in [0, 0.05) is 10.7 Å². The summed E-state index contributed by atoms with van der Waals surface area (Å²) in [5.74, 6) is -3.14. The highest BCUT2D eigenvalue weighted by atomic mass is 35.5. The van der Waals surface area contributed by atoms with Crippen LogP contribution in [0.2, 0.25) is 5.02 Å². The van der Waals surface area contributed by atoms with E-state index in [1.165, 1.54) is 18.2 Å². The molecule has 0 spiro atoms. The molecular weight excluding hydrogens is 276 g/mol. The molecule has 19 heavy (non-hydrogen) atoms. The fraction of sp³-hybridized carbons (Fsp3) is 0.182. The lowest BCUT2D eigenvalue weighted by atomic mass is 10.1. The van der Waals surface area contributed by atoms with Gasteiger partial charge in [-0.1, -0.05) is 11.6 Å². The van der Waals surface area contributed by atoms with E-state index < -0.39 is 30.3 Å². The van der Waals surface area contributed by atoms with Crippen molar-refractivity contribution in [2.75, 3.05) is 5.32 Å². The largest absolute Gasteiger partial charge is 0.481 e. The zero-order valence-electron chi connectivity index (χ0n) is 9.59. The van der Waals surface area contributed by atoms with Crippen molar-refractivity contribution in [2.24, 2.45) is 5.73 Å². The maximum Gasteiger partial charge on any atom is 0.335 e. The van der Waals surface area contributed by atoms with Gasteiger partial charge in [0.1, 0.15) is 0 Å². The first kappa shape index (κ1) is 14.9. The molecule has 0 heterocycles. The molecule has 0 aliphatic rings. The van der Waals surface area contributed by atoms with Crippen LogP contribution in [0.25, 0.3) is 0 Å². The second kappa shape index (κ2) is 6.17. The van der Waals surface area contributed by atoms with Crippen LogP contribution in [0.4, 0.5) is 5.69 Å². The number of halogens is 1. The number of carbonyl (C=O) groups is 3. The first-order chi connectivity index (χ1) is 8.79. The maximum absolute atomic E-state index is 11.6. The average molecular weight is 287 g/mol. The van der Waals surface area contributed by atoms with Crippen LogP contribution < -0.4 is 11.1 Å². The van der Waals surface area contributed by atoms with E-state index in [-0.39, 0.29) is 16.3 Å². The number of benzene rings is 1. The van der Waals surface area contributed by atoms with Gasteiger partial charge in [-0.15, -0.1) is 0 Å². The molecule has 0 saturated carbocycles. The third-order valence-electron chi connectivity index (χ3n) is 2.14. The van der Waals surface area contributed by atoms with E-state index in [1.54, 1.807) is 0 Å². The van der Waals surface area contributed by atoms with E-state index in [9.17, 15) is 14.4 Å². The number of amides is 1. The van der Waals surface area contributed by atoms with Gasteiger partial charge in [0.15, 0.2) is 0 Å². The standard InChI is InChI=1S/C11H11ClN2O5/c12-6-1-5(11(18)19)2-7(3-6)14-10(17)8(13)4-9(15)16/h1-3,8H,4,13H2,(H,14,17)(H,15,16)(H,18,19). The molecule has 0 saturated heterocycles. The summed E-state index contributed by atoms with van der Waals surface area (Å²) in [6, 6.07) is 2.51. The number of aromatic carboxylic acids is 1. The van der Waals surface area contributed by atoms with Gasteiger partial charge in [-0.3, -0.25) is 9.59 Å². The molecule has 0 aliphatic carbocycles. The quantitative estimate of drug-likeness (QED) is 0.633. The van der Waals surface area contributed by atoms with Gasteiger partial charge in [0.2, 0.25) is 5.91 Å². The normalized spacial score (nSPS) is 11.7. The van der Waals surface area contributed by atoms with Crippen LogP contribution in [0.5, 0.6) is 0 Å². The van der Waals surface area contributed by atoms with Crippen LogP contribution in [0.3, 0.4) is 0 Å². The number of nitrogens with one attached hydrogen (secondary N) is 1. The number of carboxylic acids is 2. The third-order valence-corrected chi connectivity index (χ3v) is 2.36. The summed E-state index contributed by atoms with van der Waals surface area (Å²) in [7, 11) is 0. The zero-order valence-corrected chi connectivity index (χ0v) is 10.3. The first-order valence-electron chi connectivity index (χ1n) is 5.11. The molecule has 0 radical (unpaired) electrons. The van der Waals surface area contributed by atoms with Gasteiger partial charge in [-0.05, 0) is 18.2 Å². The topological polar surface area (TPSA) is 130 Å². The summed E-state index contributed by atoms with van der Waals surface area (Å²) in [6.07, 6.45) is -0.530. The Hall–Kier alpha value is -2.12. The first-order valence-corrected chi connectivity index (χ1v) is 5.49. The van der Waals surface area contributed by atoms with Gasteiger partial charge in [-0.25, -0.2) is 4.79 Å². The fourth-order valence-corrected chi connectivity index (χ4v) is 1.54. The summed E-state index contributed by atoms with van der Waals surface area (Å²) >= 11 is 5.70. The van der Waals surface area contributed by atoms with Gasteiger partial charge < -0.3 is 21.3 Å². The monoisotopic (exact) mass is 286 g/mol. The Labute approximate surface area is 113 Å². The third kappa shape index (κ3) is 4.57. The lowest BCUT2D eigenvalue weighted by molar-refractivity contribution is -0.138. The minimum atomic E-state index is -1.23. The van der Waals surface area contributed by atoms with E-state index in [0.717, 1.165) is 0 Å². The van der Waals surface area contributed by atoms with Crippen molar-refractivity contribution in [1.82, 2.24) is 0 Å². The van der Waals surface area contributed by atoms with Crippen molar-refractivity contribution in [2.45, 2.75) is 12.5 Å². The van der Waals surface area contributed by atoms with Crippen LogP contribution in [0.1, 0.15) is 16.8 Å². The van der Waals surface area contributed by atoms with Crippen molar-refractivity contribution in [3.05, 3.63) is 28.8 Å². The highest BCUT2D eigenvalue weighted by molar-refractivity contribution is 6.31. The molecule has 0 aliphatic heterocycles. The van der Waals surface area contributed by atoms with Gasteiger partial charge in [0.25, 0.3) is 0 Å². The molecule has 102 valence electrons. The molecule has 1 rings (SSSR count). The Morgan fingerprint density at radius 3 is 2.42 bits per heavy atom. The minimum absolute atomic E-state index is 0.102. The second-order valence-corrected chi connectivity index (χ2v) is 4.16. The number of nitrogens with two attached hydrogens (primary N) is 1. The molecule has 1 atom stereocenters. The summed E-state index contributed by atoms with van der Waals surface area (Å²) < 4.78 is 0. The van der Waals surface area contributed by atoms with E-state index >= 15 is 0 Å². The molecule has 1 aromatic carbocycles. The lowest BCUT2D eigenvalue weighted by Crippen LogP contribution is -2.37. The molecule has 7 nitrogen and oxygen atoms in total. The molecule has 0 bridgehead atoms. The van der Waals surface area contributed by atoms with Crippen LogP contribution in [-0.2, 0) is 9.59 Å². The van der Waals surface area contributed by atoms with Crippen LogP contribution in [-0.4, -0.2) is 34.1 Å². The van der Waals surface area contributed by atoms with E-state index in [4.69, 9.17) is 27.5 Å². The predicted molar refractivity (Wildman–Crippen MR) is 67.3 cm³/mol. The van der Waals surface area contributed by atoms with E-state index in [1.807, 2.05) is 0 Å². The van der Waals surface area contributed by atoms with Gasteiger partial charge in [0.05, 0.1) is 18.0 Å². The average Bonchev–Trinajstić information content (AvgIpc) is 2.26. The van der Waals surface area contributed by atoms with Crippen molar-refractivity contribution >= 4 is 35.1 Å². The molecule has 1 unspecified atom stereocenters. The number of aliphatic carboxylic acids is 1. The second-order valence-electron chi connectivity index (χ2n) is 3.73. The Bertz CT molecular complexity index is 532. The Balaban J connectivity index is 2.84. The van der Waals surface area contributed by atoms with Gasteiger partial charge >= 0.3 is 11.9 Å². The van der Waals surface area contributed by atoms with Crippen LogP contribution in [0, 0.1) is 0 Å². The number of hydrogen-bond donors (Lipinski definition) is 4. The molecule has 1 aromatic rings. The number of rotatable bonds is 5. The maximum atomic E-state index is 11.6. The molecule has 5 N–H and O–H groups in total. The van der Waals surface area contributed by atoms with Crippen molar-refractivity contribution in [3.8, 4) is 0 Å². The smallest absolute Gasteiger partial charge is 0.335 e. The SMILES string of the molecule is NC(CC(=O)O)C(=O)Nc1cc(Cl)cc(C(=O)O)c1. The van der Waals surface area contributed by atoms with Gasteiger partial charge in [-0.2, -0.15) is 0 Å². The molecule has 1 amide bonds. The molecule has 8 heteroatoms. The summed E-state index contributed by atoms with van der Waals surface area (Å²) in [4.78, 5) is 32.8. The minimum Gasteiger partial charge on any atom is -0.481 e. The van der Waals surface area contributed by atoms with E-state index in [0.29, 0.717) is 0 Å². The number of hydrogen-bond acceptors (Lipinski definition) is 4. The van der Waals surface area contributed by atoms with Crippen LogP contribution in [0.15, 0.2) is 18.2 Å². The van der Waals surface area contributed by atoms with Crippen molar-refractivity contribution in [1.29, 1.82) is 0 Å². The molecular formula is C11H11ClN2O5. The Kier molecular flexibility index (Phi) is 4.85. The summed E-state index contributed by atoms with van der Waals surface area (Å²) in [6.45, 7) is 0. The highest BCUT2D eigenvalue weighted by Crippen LogP contribution is 2.19. The summed E-state index contributed by atoms with van der Waals surface area (Å²) in [5.41, 5.74) is 5.39. The Morgan fingerprint density at radius 1 is 1.26 bits per heavy atom. The molecule has 0 fully saturated rings. The van der Waals surface area contributed by atoms with Crippen LogP contribution >= 0.6 is 11.6 Å². The number of anilines is 1. The number of carboxylic acid groups (broad SMARTS) is 2. The van der Waals surface area contributed by atoms with E-state index in [2.05, 4.69) is 5.32 Å². The van der Waals surface area contributed by atoms with Crippen molar-refractivity contribution in [3.63, 3.8) is 0 Å². The molecule has 0 aromatic heterocycles. The predicted octanol–water partition coefficient (Wildman–Crippen LogP) is 0.779. The lowest BCUT2D eigenvalue weighted by Gasteiger charge is -2.11. The fourth-order valence-electron chi connectivity index (χ4n) is 1.30. The zero-order chi connectivity index (χ0) is 14.6. The Morgan fingerprint density at radius 2 is 1.89 bits per heavy atom. The number of carbonyl (C=O) groups excluding carboxylic acids is 1. The van der Waals surface area contributed by atoms with Crippen molar-refractivity contribution < 1.29 is 24.6 Å². The highest BCUT2D eigenvalue weighted by Gasteiger charge is 2.17. The summed E-state index contributed by atoms with van der Waals surface area (Å²) in [5, 5.41) is 19.8.